The van der Waals surface area contributed by atoms with Crippen LogP contribution in [-0.2, 0) is 10.3 Å². The molecule has 0 spiro atoms. The lowest BCUT2D eigenvalue weighted by atomic mass is 10.0. The van der Waals surface area contributed by atoms with Crippen LogP contribution in [0, 0.1) is 6.92 Å². The summed E-state index contributed by atoms with van der Waals surface area (Å²) in [5.41, 5.74) is 2.49. The number of anilines is 1. The summed E-state index contributed by atoms with van der Waals surface area (Å²) in [6, 6.07) is 16.4. The first-order chi connectivity index (χ1) is 16.9. The molecule has 0 bridgehead atoms. The van der Waals surface area contributed by atoms with E-state index < -0.39 is 5.54 Å². The van der Waals surface area contributed by atoms with E-state index >= 15 is 0 Å². The molecule has 0 atom stereocenters. The van der Waals surface area contributed by atoms with Crippen molar-refractivity contribution in [1.29, 1.82) is 0 Å². The minimum absolute atomic E-state index is 0.0123. The number of hydrogen-bond donors (Lipinski definition) is 1. The number of nitrogens with zero attached hydrogens (tertiary/aromatic N) is 2. The molecule has 2 aliphatic rings. The maximum atomic E-state index is 13.4. The van der Waals surface area contributed by atoms with E-state index in [1.54, 1.807) is 30.5 Å². The van der Waals surface area contributed by atoms with Crippen LogP contribution in [0.1, 0.15) is 44.7 Å². The topological polar surface area (TPSA) is 80.8 Å². The van der Waals surface area contributed by atoms with Crippen LogP contribution in [0.15, 0.2) is 60.8 Å². The maximum Gasteiger partial charge on any atom is 0.337 e. The number of ether oxygens (including phenoxy) is 2. The number of nitrogens with one attached hydrogen (secondary N) is 1. The van der Waals surface area contributed by atoms with Gasteiger partial charge in [0.25, 0.3) is 5.91 Å². The lowest BCUT2D eigenvalue weighted by molar-refractivity contribution is 0.0600. The molecule has 1 aromatic heterocycles. The van der Waals surface area contributed by atoms with Gasteiger partial charge in [-0.1, -0.05) is 23.7 Å². The van der Waals surface area contributed by atoms with Crippen LogP contribution < -0.4 is 15.0 Å². The molecule has 5 rings (SSSR count). The number of carbonyl (C=O) groups is 2. The number of esters is 1. The standard InChI is InChI=1S/C27H26ClN3O4/c1-17-13-23(24(29-14-17)31-15-22(16-31)35-21-9-7-20(28)8-10-21)25(32)30-27(11-12-27)19-5-3-18(4-6-19)26(33)34-2/h3-10,13-14,22H,11-12,15-16H2,1-2H3,(H,30,32). The number of aryl methyl sites for hydroxylation is 1. The van der Waals surface area contributed by atoms with Gasteiger partial charge in [-0.25, -0.2) is 9.78 Å². The molecule has 35 heavy (non-hydrogen) atoms. The molecule has 8 heteroatoms. The van der Waals surface area contributed by atoms with Crippen LogP contribution in [0.5, 0.6) is 5.75 Å². The summed E-state index contributed by atoms with van der Waals surface area (Å²) >= 11 is 5.95. The molecule has 180 valence electrons. The van der Waals surface area contributed by atoms with Gasteiger partial charge < -0.3 is 19.7 Å². The molecular weight excluding hydrogens is 466 g/mol. The summed E-state index contributed by atoms with van der Waals surface area (Å²) in [5.74, 6) is 0.880. The summed E-state index contributed by atoms with van der Waals surface area (Å²) in [7, 11) is 1.36. The average molecular weight is 492 g/mol. The second-order valence-corrected chi connectivity index (χ2v) is 9.52. The molecular formula is C27H26ClN3O4. The van der Waals surface area contributed by atoms with Crippen LogP contribution in [0.4, 0.5) is 5.82 Å². The Balaban J connectivity index is 1.28. The monoisotopic (exact) mass is 491 g/mol. The third-order valence-corrected chi connectivity index (χ3v) is 6.73. The maximum absolute atomic E-state index is 13.4. The molecule has 1 saturated heterocycles. The molecule has 3 aromatic rings. The normalized spacial score (nSPS) is 16.3. The van der Waals surface area contributed by atoms with Crippen molar-refractivity contribution in [2.75, 3.05) is 25.1 Å². The van der Waals surface area contributed by atoms with Crippen molar-refractivity contribution in [2.45, 2.75) is 31.4 Å². The highest BCUT2D eigenvalue weighted by atomic mass is 35.5. The Hall–Kier alpha value is -3.58. The predicted octanol–water partition coefficient (Wildman–Crippen LogP) is 4.52. The van der Waals surface area contributed by atoms with Crippen LogP contribution >= 0.6 is 11.6 Å². The Morgan fingerprint density at radius 3 is 2.40 bits per heavy atom. The molecule has 0 radical (unpaired) electrons. The second kappa shape index (κ2) is 9.23. The number of benzene rings is 2. The first kappa shape index (κ1) is 23.2. The van der Waals surface area contributed by atoms with Crippen LogP contribution in [0.2, 0.25) is 5.02 Å². The quantitative estimate of drug-likeness (QED) is 0.489. The highest BCUT2D eigenvalue weighted by Gasteiger charge is 2.46. The molecule has 2 aromatic carbocycles. The van der Waals surface area contributed by atoms with Crippen LogP contribution in [-0.4, -0.2) is 43.2 Å². The third-order valence-electron chi connectivity index (χ3n) is 6.47. The Morgan fingerprint density at radius 2 is 1.77 bits per heavy atom. The van der Waals surface area contributed by atoms with E-state index in [2.05, 4.69) is 15.2 Å². The number of pyridine rings is 1. The van der Waals surface area contributed by atoms with Crippen molar-refractivity contribution in [3.63, 3.8) is 0 Å². The fourth-order valence-corrected chi connectivity index (χ4v) is 4.44. The summed E-state index contributed by atoms with van der Waals surface area (Å²) < 4.78 is 10.8. The largest absolute Gasteiger partial charge is 0.487 e. The first-order valence-electron chi connectivity index (χ1n) is 11.5. The van der Waals surface area contributed by atoms with Gasteiger partial charge in [0.1, 0.15) is 17.7 Å². The Bertz CT molecular complexity index is 1250. The van der Waals surface area contributed by atoms with Crippen LogP contribution in [0.3, 0.4) is 0 Å². The summed E-state index contributed by atoms with van der Waals surface area (Å²) in [6.07, 6.45) is 3.47. The number of hydrogen-bond acceptors (Lipinski definition) is 6. The number of amides is 1. The van der Waals surface area contributed by atoms with Crippen molar-refractivity contribution in [2.24, 2.45) is 0 Å². The Labute approximate surface area is 209 Å². The van der Waals surface area contributed by atoms with E-state index in [-0.39, 0.29) is 18.0 Å². The first-order valence-corrected chi connectivity index (χ1v) is 11.9. The molecule has 2 heterocycles. The van der Waals surface area contributed by atoms with Crippen molar-refractivity contribution in [1.82, 2.24) is 10.3 Å². The van der Waals surface area contributed by atoms with Crippen molar-refractivity contribution in [3.8, 4) is 5.75 Å². The van der Waals surface area contributed by atoms with E-state index in [1.807, 2.05) is 37.3 Å². The van der Waals surface area contributed by atoms with E-state index in [0.717, 1.165) is 29.7 Å². The number of rotatable bonds is 7. The average Bonchev–Trinajstić information content (AvgIpc) is 3.62. The van der Waals surface area contributed by atoms with E-state index in [4.69, 9.17) is 21.1 Å². The zero-order valence-corrected chi connectivity index (χ0v) is 20.3. The summed E-state index contributed by atoms with van der Waals surface area (Å²) in [6.45, 7) is 3.20. The highest BCUT2D eigenvalue weighted by Crippen LogP contribution is 2.46. The van der Waals surface area contributed by atoms with Gasteiger partial charge in [-0.2, -0.15) is 0 Å². The molecule has 7 nitrogen and oxygen atoms in total. The molecule has 1 saturated carbocycles. The van der Waals surface area contributed by atoms with Crippen molar-refractivity contribution in [3.05, 3.63) is 88.1 Å². The molecule has 1 aliphatic heterocycles. The van der Waals surface area contributed by atoms with E-state index in [0.29, 0.717) is 35.1 Å². The third kappa shape index (κ3) is 4.82. The predicted molar refractivity (Wildman–Crippen MR) is 133 cm³/mol. The van der Waals surface area contributed by atoms with Gasteiger partial charge in [0.15, 0.2) is 0 Å². The fourth-order valence-electron chi connectivity index (χ4n) is 4.31. The van der Waals surface area contributed by atoms with Gasteiger partial charge in [0.2, 0.25) is 0 Å². The van der Waals surface area contributed by atoms with Crippen LogP contribution in [0.25, 0.3) is 0 Å². The van der Waals surface area contributed by atoms with Gasteiger partial charge in [-0.3, -0.25) is 4.79 Å². The van der Waals surface area contributed by atoms with Gasteiger partial charge in [0, 0.05) is 11.2 Å². The molecule has 0 unspecified atom stereocenters. The van der Waals surface area contributed by atoms with E-state index in [1.165, 1.54) is 7.11 Å². The van der Waals surface area contributed by atoms with Gasteiger partial charge in [-0.15, -0.1) is 0 Å². The van der Waals surface area contributed by atoms with Crippen molar-refractivity contribution >= 4 is 29.3 Å². The zero-order valence-electron chi connectivity index (χ0n) is 19.6. The minimum atomic E-state index is -0.429. The number of carbonyl (C=O) groups excluding carboxylic acids is 2. The zero-order chi connectivity index (χ0) is 24.6. The lowest BCUT2D eigenvalue weighted by Gasteiger charge is -2.40. The Kier molecular flexibility index (Phi) is 6.11. The number of aromatic nitrogens is 1. The highest BCUT2D eigenvalue weighted by molar-refractivity contribution is 6.30. The Morgan fingerprint density at radius 1 is 1.09 bits per heavy atom. The minimum Gasteiger partial charge on any atom is -0.487 e. The summed E-state index contributed by atoms with van der Waals surface area (Å²) in [4.78, 5) is 31.8. The SMILES string of the molecule is COC(=O)c1ccc(C2(NC(=O)c3cc(C)cnc3N3CC(Oc4ccc(Cl)cc4)C3)CC2)cc1. The van der Waals surface area contributed by atoms with Crippen molar-refractivity contribution < 1.29 is 19.1 Å². The number of halogens is 1. The smallest absolute Gasteiger partial charge is 0.337 e. The molecule has 1 N–H and O–H groups in total. The second-order valence-electron chi connectivity index (χ2n) is 9.09. The molecule has 2 fully saturated rings. The number of methoxy groups -OCH3 is 1. The van der Waals surface area contributed by atoms with E-state index in [9.17, 15) is 9.59 Å². The lowest BCUT2D eigenvalue weighted by Crippen LogP contribution is -2.55. The molecule has 1 aliphatic carbocycles. The van der Waals surface area contributed by atoms with Gasteiger partial charge in [-0.05, 0) is 73.4 Å². The van der Waals surface area contributed by atoms with Gasteiger partial charge in [0.05, 0.1) is 36.9 Å². The van der Waals surface area contributed by atoms with Gasteiger partial charge >= 0.3 is 5.97 Å². The molecule has 1 amide bonds. The summed E-state index contributed by atoms with van der Waals surface area (Å²) in [5, 5.41) is 3.89. The fraction of sp³-hybridized carbons (Fsp3) is 0.296.